The fourth-order valence-corrected chi connectivity index (χ4v) is 1.58. The van der Waals surface area contributed by atoms with E-state index in [1.54, 1.807) is 12.1 Å². The summed E-state index contributed by atoms with van der Waals surface area (Å²) in [5.41, 5.74) is 0.971. The van der Waals surface area contributed by atoms with E-state index in [-0.39, 0.29) is 29.8 Å². The van der Waals surface area contributed by atoms with Crippen LogP contribution >= 0.6 is 24.0 Å². The van der Waals surface area contributed by atoms with Gasteiger partial charge in [0.05, 0.1) is 0 Å². The Labute approximate surface area is 132 Å². The lowest BCUT2D eigenvalue weighted by Crippen LogP contribution is -2.41. The normalized spacial score (nSPS) is 11.1. The minimum absolute atomic E-state index is 0. The molecule has 0 aromatic heterocycles. The number of benzene rings is 1. The average Bonchev–Trinajstić information content (AvgIpc) is 2.28. The second-order valence-corrected chi connectivity index (χ2v) is 4.44. The molecule has 0 radical (unpaired) electrons. The zero-order valence-electron chi connectivity index (χ0n) is 11.7. The fraction of sp³-hybridized carbons (Fsp3) is 0.500. The molecule has 0 aliphatic heterocycles. The van der Waals surface area contributed by atoms with Crippen molar-refractivity contribution in [3.05, 3.63) is 35.6 Å². The highest BCUT2D eigenvalue weighted by atomic mass is 127. The molecule has 0 heterocycles. The standard InChI is InChI=1S/C14H22FN3.HI/c1-4-16-14(18-11(2)3)17-9-8-12-6-5-7-13(15)10-12;/h5-7,10-11H,4,8-9H2,1-3H3,(H2,16,17,18);1H. The molecule has 3 nitrogen and oxygen atoms in total. The van der Waals surface area contributed by atoms with Crippen molar-refractivity contribution in [1.82, 2.24) is 10.6 Å². The van der Waals surface area contributed by atoms with Crippen LogP contribution in [0.1, 0.15) is 26.3 Å². The molecule has 0 atom stereocenters. The SMILES string of the molecule is CCNC(=NCCc1cccc(F)c1)NC(C)C.I. The van der Waals surface area contributed by atoms with Crippen LogP contribution in [0.15, 0.2) is 29.3 Å². The molecule has 108 valence electrons. The van der Waals surface area contributed by atoms with Crippen molar-refractivity contribution in [1.29, 1.82) is 0 Å². The van der Waals surface area contributed by atoms with Gasteiger partial charge >= 0.3 is 0 Å². The fourth-order valence-electron chi connectivity index (χ4n) is 1.58. The van der Waals surface area contributed by atoms with E-state index in [0.717, 1.165) is 24.5 Å². The van der Waals surface area contributed by atoms with Crippen molar-refractivity contribution in [2.24, 2.45) is 4.99 Å². The van der Waals surface area contributed by atoms with Crippen molar-refractivity contribution in [2.45, 2.75) is 33.2 Å². The first kappa shape index (κ1) is 18.1. The maximum absolute atomic E-state index is 13.0. The predicted molar refractivity (Wildman–Crippen MR) is 89.8 cm³/mol. The molecule has 1 rings (SSSR count). The van der Waals surface area contributed by atoms with Gasteiger partial charge in [-0.25, -0.2) is 4.39 Å². The van der Waals surface area contributed by atoms with Crippen LogP contribution in [0.2, 0.25) is 0 Å². The predicted octanol–water partition coefficient (Wildman–Crippen LogP) is 2.95. The second-order valence-electron chi connectivity index (χ2n) is 4.44. The van der Waals surface area contributed by atoms with E-state index in [1.165, 1.54) is 6.07 Å². The number of rotatable bonds is 5. The molecule has 0 saturated heterocycles. The van der Waals surface area contributed by atoms with Crippen molar-refractivity contribution >= 4 is 29.9 Å². The van der Waals surface area contributed by atoms with Gasteiger partial charge in [-0.1, -0.05) is 12.1 Å². The topological polar surface area (TPSA) is 36.4 Å². The van der Waals surface area contributed by atoms with Crippen LogP contribution in [0, 0.1) is 5.82 Å². The van der Waals surface area contributed by atoms with Crippen molar-refractivity contribution in [3.63, 3.8) is 0 Å². The van der Waals surface area contributed by atoms with Gasteiger partial charge in [-0.05, 0) is 44.9 Å². The number of guanidine groups is 1. The molecule has 0 spiro atoms. The quantitative estimate of drug-likeness (QED) is 0.469. The minimum Gasteiger partial charge on any atom is -0.357 e. The highest BCUT2D eigenvalue weighted by Crippen LogP contribution is 2.04. The molecule has 0 amide bonds. The molecule has 2 N–H and O–H groups in total. The summed E-state index contributed by atoms with van der Waals surface area (Å²) in [5.74, 6) is 0.618. The zero-order chi connectivity index (χ0) is 13.4. The van der Waals surface area contributed by atoms with E-state index in [0.29, 0.717) is 12.6 Å². The Kier molecular flexibility index (Phi) is 9.55. The molecule has 0 unspecified atom stereocenters. The van der Waals surface area contributed by atoms with Gasteiger partial charge in [0, 0.05) is 19.1 Å². The number of nitrogens with one attached hydrogen (secondary N) is 2. The highest BCUT2D eigenvalue weighted by Gasteiger charge is 1.99. The van der Waals surface area contributed by atoms with Gasteiger partial charge in [0.15, 0.2) is 5.96 Å². The van der Waals surface area contributed by atoms with Gasteiger partial charge in [0.1, 0.15) is 5.82 Å². The Bertz CT molecular complexity index is 394. The molecule has 5 heteroatoms. The van der Waals surface area contributed by atoms with E-state index < -0.39 is 0 Å². The van der Waals surface area contributed by atoms with Crippen LogP contribution in [0.3, 0.4) is 0 Å². The van der Waals surface area contributed by atoms with E-state index in [1.807, 2.05) is 13.0 Å². The maximum atomic E-state index is 13.0. The Balaban J connectivity index is 0.00000324. The Hall–Kier alpha value is -0.850. The van der Waals surface area contributed by atoms with Crippen molar-refractivity contribution < 1.29 is 4.39 Å². The second kappa shape index (κ2) is 10.00. The van der Waals surface area contributed by atoms with Crippen LogP contribution in [0.5, 0.6) is 0 Å². The summed E-state index contributed by atoms with van der Waals surface area (Å²) in [5, 5.41) is 6.42. The van der Waals surface area contributed by atoms with Gasteiger partial charge in [-0.2, -0.15) is 0 Å². The minimum atomic E-state index is -0.191. The summed E-state index contributed by atoms with van der Waals surface area (Å²) < 4.78 is 13.0. The first-order chi connectivity index (χ1) is 8.61. The number of halogens is 2. The molecular weight excluding hydrogens is 356 g/mol. The maximum Gasteiger partial charge on any atom is 0.191 e. The average molecular weight is 379 g/mol. The van der Waals surface area contributed by atoms with E-state index in [2.05, 4.69) is 29.5 Å². The van der Waals surface area contributed by atoms with Crippen molar-refractivity contribution in [3.8, 4) is 0 Å². The van der Waals surface area contributed by atoms with Crippen LogP contribution in [0.4, 0.5) is 4.39 Å². The first-order valence-electron chi connectivity index (χ1n) is 6.41. The van der Waals surface area contributed by atoms with Gasteiger partial charge < -0.3 is 10.6 Å². The summed E-state index contributed by atoms with van der Waals surface area (Å²) in [6, 6.07) is 7.00. The van der Waals surface area contributed by atoms with E-state index in [4.69, 9.17) is 0 Å². The Morgan fingerprint density at radius 3 is 2.68 bits per heavy atom. The van der Waals surface area contributed by atoms with Gasteiger partial charge in [-0.15, -0.1) is 24.0 Å². The van der Waals surface area contributed by atoms with Gasteiger partial charge in [-0.3, -0.25) is 4.99 Å². The molecule has 0 fully saturated rings. The molecule has 0 aliphatic carbocycles. The third kappa shape index (κ3) is 8.02. The largest absolute Gasteiger partial charge is 0.357 e. The van der Waals surface area contributed by atoms with Crippen LogP contribution in [0.25, 0.3) is 0 Å². The zero-order valence-corrected chi connectivity index (χ0v) is 14.1. The molecule has 0 saturated carbocycles. The molecule has 0 aliphatic rings. The Morgan fingerprint density at radius 2 is 2.11 bits per heavy atom. The molecule has 1 aromatic carbocycles. The van der Waals surface area contributed by atoms with Crippen LogP contribution in [-0.2, 0) is 6.42 Å². The summed E-state index contributed by atoms with van der Waals surface area (Å²) >= 11 is 0. The lowest BCUT2D eigenvalue weighted by molar-refractivity contribution is 0.625. The van der Waals surface area contributed by atoms with E-state index >= 15 is 0 Å². The number of hydrogen-bond donors (Lipinski definition) is 2. The summed E-state index contributed by atoms with van der Waals surface area (Å²) in [6.45, 7) is 7.65. The summed E-state index contributed by atoms with van der Waals surface area (Å²) in [4.78, 5) is 4.45. The third-order valence-corrected chi connectivity index (χ3v) is 2.33. The first-order valence-corrected chi connectivity index (χ1v) is 6.41. The summed E-state index contributed by atoms with van der Waals surface area (Å²) in [7, 11) is 0. The lowest BCUT2D eigenvalue weighted by atomic mass is 10.1. The Morgan fingerprint density at radius 1 is 1.37 bits per heavy atom. The smallest absolute Gasteiger partial charge is 0.191 e. The van der Waals surface area contributed by atoms with E-state index in [9.17, 15) is 4.39 Å². The van der Waals surface area contributed by atoms with Gasteiger partial charge in [0.25, 0.3) is 0 Å². The molecule has 0 bridgehead atoms. The number of aliphatic imine (C=N–C) groups is 1. The monoisotopic (exact) mass is 379 g/mol. The molecule has 19 heavy (non-hydrogen) atoms. The van der Waals surface area contributed by atoms with Gasteiger partial charge in [0.2, 0.25) is 0 Å². The van der Waals surface area contributed by atoms with Crippen LogP contribution < -0.4 is 10.6 Å². The lowest BCUT2D eigenvalue weighted by Gasteiger charge is -2.13. The highest BCUT2D eigenvalue weighted by molar-refractivity contribution is 14.0. The molecule has 1 aromatic rings. The number of hydrogen-bond acceptors (Lipinski definition) is 1. The number of nitrogens with zero attached hydrogens (tertiary/aromatic N) is 1. The molecular formula is C14H23FIN3. The summed E-state index contributed by atoms with van der Waals surface area (Å²) in [6.07, 6.45) is 0.742. The van der Waals surface area contributed by atoms with Crippen molar-refractivity contribution in [2.75, 3.05) is 13.1 Å². The third-order valence-electron chi connectivity index (χ3n) is 2.33. The van der Waals surface area contributed by atoms with Crippen LogP contribution in [-0.4, -0.2) is 25.1 Å².